The fourth-order valence-electron chi connectivity index (χ4n) is 4.54. The van der Waals surface area contributed by atoms with Gasteiger partial charge in [0.05, 0.1) is 11.7 Å². The lowest BCUT2D eigenvalue weighted by atomic mass is 9.77. The standard InChI is InChI=1S/C26H24FNO.C2HF3O2/c1-17-8-10-18(11-9-17)16-29-20-14-12-19(13-15-20)25-22-5-2-4-21(22)23-6-3-7-24(27)26(23)28-25;3-2(4,5)1(6)7/h2-4,6-15,21-22,25,28H,5,16H2,1H3;(H,6,7). The van der Waals surface area contributed by atoms with Gasteiger partial charge in [-0.2, -0.15) is 13.2 Å². The van der Waals surface area contributed by atoms with Crippen molar-refractivity contribution in [2.45, 2.75) is 38.1 Å². The Hall–Kier alpha value is -3.81. The van der Waals surface area contributed by atoms with Gasteiger partial charge in [0.1, 0.15) is 18.2 Å². The van der Waals surface area contributed by atoms with Crippen molar-refractivity contribution in [2.75, 3.05) is 5.32 Å². The number of alkyl halides is 3. The van der Waals surface area contributed by atoms with Crippen LogP contribution < -0.4 is 10.1 Å². The van der Waals surface area contributed by atoms with Gasteiger partial charge in [-0.15, -0.1) is 0 Å². The summed E-state index contributed by atoms with van der Waals surface area (Å²) in [5.74, 6) is -1.41. The predicted octanol–water partition coefficient (Wildman–Crippen LogP) is 7.17. The molecule has 188 valence electrons. The highest BCUT2D eigenvalue weighted by molar-refractivity contribution is 5.73. The van der Waals surface area contributed by atoms with Crippen LogP contribution in [0.5, 0.6) is 5.75 Å². The van der Waals surface area contributed by atoms with E-state index in [1.54, 1.807) is 6.07 Å². The molecule has 3 unspecified atom stereocenters. The van der Waals surface area contributed by atoms with Crippen LogP contribution >= 0.6 is 0 Å². The Balaban J connectivity index is 0.000000384. The Labute approximate surface area is 206 Å². The Morgan fingerprint density at radius 3 is 2.36 bits per heavy atom. The van der Waals surface area contributed by atoms with Gasteiger partial charge in [0.15, 0.2) is 0 Å². The quantitative estimate of drug-likeness (QED) is 0.295. The molecule has 0 bridgehead atoms. The van der Waals surface area contributed by atoms with Crippen LogP contribution in [0.3, 0.4) is 0 Å². The summed E-state index contributed by atoms with van der Waals surface area (Å²) < 4.78 is 52.1. The summed E-state index contributed by atoms with van der Waals surface area (Å²) in [6.45, 7) is 2.63. The summed E-state index contributed by atoms with van der Waals surface area (Å²) in [5, 5.41) is 10.6. The minimum absolute atomic E-state index is 0.0885. The summed E-state index contributed by atoms with van der Waals surface area (Å²) in [5.41, 5.74) is 5.28. The van der Waals surface area contributed by atoms with Crippen LogP contribution in [-0.4, -0.2) is 17.3 Å². The number of ether oxygens (including phenoxy) is 1. The van der Waals surface area contributed by atoms with Gasteiger partial charge < -0.3 is 15.2 Å². The first-order valence-electron chi connectivity index (χ1n) is 11.4. The van der Waals surface area contributed by atoms with Gasteiger partial charge in [-0.25, -0.2) is 9.18 Å². The number of benzene rings is 3. The summed E-state index contributed by atoms with van der Waals surface area (Å²) >= 11 is 0. The van der Waals surface area contributed by atoms with Gasteiger partial charge in [0.25, 0.3) is 0 Å². The molecule has 2 aliphatic rings. The normalized spacial score (nSPS) is 19.9. The molecule has 3 aromatic rings. The Kier molecular flexibility index (Phi) is 7.33. The minimum atomic E-state index is -5.08. The first-order chi connectivity index (χ1) is 17.1. The Bertz CT molecular complexity index is 1240. The van der Waals surface area contributed by atoms with Gasteiger partial charge in [-0.1, -0.05) is 66.2 Å². The lowest BCUT2D eigenvalue weighted by molar-refractivity contribution is -0.192. The molecule has 0 radical (unpaired) electrons. The van der Waals surface area contributed by atoms with Crippen LogP contribution in [0.4, 0.5) is 23.2 Å². The second-order valence-corrected chi connectivity index (χ2v) is 8.83. The third-order valence-electron chi connectivity index (χ3n) is 6.35. The van der Waals surface area contributed by atoms with Crippen LogP contribution in [0, 0.1) is 18.7 Å². The number of hydrogen-bond acceptors (Lipinski definition) is 3. The van der Waals surface area contributed by atoms with Crippen molar-refractivity contribution in [1.29, 1.82) is 0 Å². The van der Waals surface area contributed by atoms with E-state index in [1.807, 2.05) is 18.2 Å². The summed E-state index contributed by atoms with van der Waals surface area (Å²) in [7, 11) is 0. The Morgan fingerprint density at radius 2 is 1.72 bits per heavy atom. The first kappa shape index (κ1) is 25.3. The number of fused-ring (bicyclic) bond motifs is 3. The number of nitrogens with one attached hydrogen (secondary N) is 1. The van der Waals surface area contributed by atoms with E-state index in [0.717, 1.165) is 23.3 Å². The summed E-state index contributed by atoms with van der Waals surface area (Å²) in [4.78, 5) is 8.90. The maximum Gasteiger partial charge on any atom is 0.490 e. The molecule has 4 nitrogen and oxygen atoms in total. The minimum Gasteiger partial charge on any atom is -0.489 e. The molecule has 2 N–H and O–H groups in total. The number of rotatable bonds is 4. The van der Waals surface area contributed by atoms with Crippen molar-refractivity contribution in [3.8, 4) is 5.75 Å². The van der Waals surface area contributed by atoms with Crippen LogP contribution in [0.25, 0.3) is 0 Å². The van der Waals surface area contributed by atoms with Crippen molar-refractivity contribution in [3.63, 3.8) is 0 Å². The highest BCUT2D eigenvalue weighted by Gasteiger charge is 2.39. The van der Waals surface area contributed by atoms with Gasteiger partial charge in [-0.3, -0.25) is 0 Å². The highest BCUT2D eigenvalue weighted by atomic mass is 19.4. The average molecular weight is 500 g/mol. The molecule has 1 aliphatic heterocycles. The Morgan fingerprint density at radius 1 is 1.06 bits per heavy atom. The molecule has 3 aromatic carbocycles. The van der Waals surface area contributed by atoms with Crippen LogP contribution in [0.2, 0.25) is 0 Å². The average Bonchev–Trinajstić information content (AvgIpc) is 3.34. The molecule has 0 spiro atoms. The third kappa shape index (κ3) is 5.70. The lowest BCUT2D eigenvalue weighted by Gasteiger charge is -2.37. The van der Waals surface area contributed by atoms with Crippen molar-refractivity contribution in [1.82, 2.24) is 0 Å². The van der Waals surface area contributed by atoms with Crippen molar-refractivity contribution in [3.05, 3.63) is 107 Å². The monoisotopic (exact) mass is 499 g/mol. The van der Waals surface area contributed by atoms with Crippen LogP contribution in [0.1, 0.15) is 40.6 Å². The molecular formula is C28H25F4NO3. The van der Waals surface area contributed by atoms with E-state index in [4.69, 9.17) is 14.6 Å². The highest BCUT2D eigenvalue weighted by Crippen LogP contribution is 2.50. The molecule has 8 heteroatoms. The number of hydrogen-bond donors (Lipinski definition) is 2. The number of carboxylic acid groups (broad SMARTS) is 1. The van der Waals surface area contributed by atoms with E-state index in [1.165, 1.54) is 17.2 Å². The van der Waals surface area contributed by atoms with Crippen molar-refractivity contribution in [2.24, 2.45) is 5.92 Å². The molecule has 0 fully saturated rings. The molecular weight excluding hydrogens is 474 g/mol. The zero-order chi connectivity index (χ0) is 25.9. The molecule has 0 amide bonds. The van der Waals surface area contributed by atoms with E-state index < -0.39 is 12.1 Å². The van der Waals surface area contributed by atoms with E-state index in [2.05, 4.69) is 60.8 Å². The third-order valence-corrected chi connectivity index (χ3v) is 6.35. The molecule has 0 aromatic heterocycles. The largest absolute Gasteiger partial charge is 0.490 e. The number of aliphatic carboxylic acids is 1. The molecule has 1 aliphatic carbocycles. The topological polar surface area (TPSA) is 58.6 Å². The molecule has 1 heterocycles. The molecule has 0 saturated heterocycles. The van der Waals surface area contributed by atoms with Crippen LogP contribution in [0.15, 0.2) is 78.9 Å². The smallest absolute Gasteiger partial charge is 0.489 e. The lowest BCUT2D eigenvalue weighted by Crippen LogP contribution is -2.29. The number of aryl methyl sites for hydroxylation is 1. The molecule has 3 atom stereocenters. The second kappa shape index (κ2) is 10.4. The van der Waals surface area contributed by atoms with Gasteiger partial charge >= 0.3 is 12.1 Å². The SMILES string of the molecule is Cc1ccc(COc2ccc(C3Nc4c(F)cccc4C4C=CCC43)cc2)cc1.O=C(O)C(F)(F)F. The maximum absolute atomic E-state index is 14.5. The second-order valence-electron chi connectivity index (χ2n) is 8.83. The first-order valence-corrected chi connectivity index (χ1v) is 11.4. The summed E-state index contributed by atoms with van der Waals surface area (Å²) in [6, 6.07) is 22.1. The molecule has 5 rings (SSSR count). The van der Waals surface area contributed by atoms with Gasteiger partial charge in [-0.05, 0) is 54.2 Å². The predicted molar refractivity (Wildman–Crippen MR) is 128 cm³/mol. The van der Waals surface area contributed by atoms with Crippen LogP contribution in [-0.2, 0) is 11.4 Å². The van der Waals surface area contributed by atoms with Crippen molar-refractivity contribution < 1.29 is 32.2 Å². The van der Waals surface area contributed by atoms with E-state index in [9.17, 15) is 17.6 Å². The number of halogens is 4. The number of allylic oxidation sites excluding steroid dienone is 2. The number of carbonyl (C=O) groups is 1. The zero-order valence-corrected chi connectivity index (χ0v) is 19.4. The van der Waals surface area contributed by atoms with E-state index in [0.29, 0.717) is 18.2 Å². The molecule has 36 heavy (non-hydrogen) atoms. The van der Waals surface area contributed by atoms with E-state index in [-0.39, 0.29) is 17.8 Å². The van der Waals surface area contributed by atoms with Crippen molar-refractivity contribution >= 4 is 11.7 Å². The zero-order valence-electron chi connectivity index (χ0n) is 19.4. The number of carboxylic acids is 1. The molecule has 0 saturated carbocycles. The fraction of sp³-hybridized carbons (Fsp3) is 0.250. The van der Waals surface area contributed by atoms with Gasteiger partial charge in [0, 0.05) is 5.92 Å². The van der Waals surface area contributed by atoms with E-state index >= 15 is 0 Å². The summed E-state index contributed by atoms with van der Waals surface area (Å²) in [6.07, 6.45) is 0.378. The fourth-order valence-corrected chi connectivity index (χ4v) is 4.54. The van der Waals surface area contributed by atoms with Gasteiger partial charge in [0.2, 0.25) is 0 Å². The number of para-hydroxylation sites is 1. The maximum atomic E-state index is 14.5. The number of anilines is 1.